The van der Waals surface area contributed by atoms with Gasteiger partial charge >= 0.3 is 6.09 Å². The molecule has 1 amide bonds. The summed E-state index contributed by atoms with van der Waals surface area (Å²) in [6.07, 6.45) is 2.30. The van der Waals surface area contributed by atoms with E-state index < -0.39 is 0 Å². The van der Waals surface area contributed by atoms with E-state index in [1.165, 1.54) is 12.8 Å². The van der Waals surface area contributed by atoms with E-state index in [9.17, 15) is 4.79 Å². The average molecular weight is 415 g/mol. The van der Waals surface area contributed by atoms with Crippen LogP contribution in [0.2, 0.25) is 0 Å². The van der Waals surface area contributed by atoms with E-state index in [-0.39, 0.29) is 6.09 Å². The third-order valence-electron chi connectivity index (χ3n) is 5.96. The summed E-state index contributed by atoms with van der Waals surface area (Å²) < 4.78 is 18.0. The minimum absolute atomic E-state index is 0.306. The molecule has 0 unspecified atom stereocenters. The van der Waals surface area contributed by atoms with Crippen LogP contribution in [0.5, 0.6) is 5.75 Å². The maximum atomic E-state index is 12.2. The van der Waals surface area contributed by atoms with E-state index in [0.717, 1.165) is 49.5 Å². The second kappa shape index (κ2) is 8.43. The fraction of sp³-hybridized carbons (Fsp3) is 0.524. The number of anilines is 3. The number of carbonyl (C=O) groups is 1. The molecular formula is C21H29N5O4. The monoisotopic (exact) mass is 415 g/mol. The van der Waals surface area contributed by atoms with Crippen molar-refractivity contribution in [1.82, 2.24) is 14.7 Å². The smallest absolute Gasteiger partial charge is 0.409 e. The van der Waals surface area contributed by atoms with Gasteiger partial charge in [0.2, 0.25) is 0 Å². The van der Waals surface area contributed by atoms with Gasteiger partial charge < -0.3 is 29.7 Å². The van der Waals surface area contributed by atoms with Gasteiger partial charge in [0.1, 0.15) is 5.75 Å². The number of benzene rings is 1. The van der Waals surface area contributed by atoms with E-state index in [1.54, 1.807) is 12.0 Å². The molecule has 0 aliphatic carbocycles. The quantitative estimate of drug-likeness (QED) is 0.767. The first-order valence-electron chi connectivity index (χ1n) is 10.2. The predicted octanol–water partition coefficient (Wildman–Crippen LogP) is 2.72. The van der Waals surface area contributed by atoms with Gasteiger partial charge in [0, 0.05) is 56.2 Å². The van der Waals surface area contributed by atoms with Crippen LogP contribution in [-0.4, -0.2) is 61.8 Å². The van der Waals surface area contributed by atoms with Crippen molar-refractivity contribution in [1.29, 1.82) is 0 Å². The molecule has 9 nitrogen and oxygen atoms in total. The van der Waals surface area contributed by atoms with E-state index in [2.05, 4.69) is 4.68 Å². The highest BCUT2D eigenvalue weighted by Crippen LogP contribution is 2.37. The van der Waals surface area contributed by atoms with Crippen molar-refractivity contribution in [3.63, 3.8) is 0 Å². The number of nitrogens with zero attached hydrogens (tertiary/aromatic N) is 4. The number of ether oxygens (including phenoxy) is 3. The summed E-state index contributed by atoms with van der Waals surface area (Å²) in [7, 11) is 4.99. The summed E-state index contributed by atoms with van der Waals surface area (Å²) in [5.41, 5.74) is 9.72. The van der Waals surface area contributed by atoms with E-state index in [4.69, 9.17) is 25.0 Å². The Kier molecular flexibility index (Phi) is 5.72. The van der Waals surface area contributed by atoms with Crippen LogP contribution in [0.4, 0.5) is 22.0 Å². The number of methoxy groups -OCH3 is 2. The molecule has 1 fully saturated rings. The highest BCUT2D eigenvalue weighted by atomic mass is 16.5. The first-order valence-corrected chi connectivity index (χ1v) is 10.2. The summed E-state index contributed by atoms with van der Waals surface area (Å²) in [5, 5.41) is 5.03. The maximum Gasteiger partial charge on any atom is 0.409 e. The first kappa shape index (κ1) is 20.3. The normalized spacial score (nSPS) is 16.8. The van der Waals surface area contributed by atoms with Gasteiger partial charge in [0.25, 0.3) is 0 Å². The zero-order chi connectivity index (χ0) is 21.3. The van der Waals surface area contributed by atoms with Crippen LogP contribution in [0.15, 0.2) is 18.2 Å². The lowest BCUT2D eigenvalue weighted by Gasteiger charge is -2.29. The third-order valence-corrected chi connectivity index (χ3v) is 5.96. The number of rotatable bonds is 4. The van der Waals surface area contributed by atoms with Gasteiger partial charge in [0.05, 0.1) is 32.5 Å². The minimum atomic E-state index is -0.317. The van der Waals surface area contributed by atoms with Crippen LogP contribution in [0.1, 0.15) is 30.1 Å². The lowest BCUT2D eigenvalue weighted by Crippen LogP contribution is -2.37. The summed E-state index contributed by atoms with van der Waals surface area (Å²) in [6, 6.07) is 5.97. The molecular weight excluding hydrogens is 386 g/mol. The lowest BCUT2D eigenvalue weighted by molar-refractivity contribution is 0.0649. The van der Waals surface area contributed by atoms with Crippen molar-refractivity contribution in [3.05, 3.63) is 29.5 Å². The Balaban J connectivity index is 1.74. The van der Waals surface area contributed by atoms with E-state index >= 15 is 0 Å². The van der Waals surface area contributed by atoms with E-state index in [1.807, 2.05) is 30.1 Å². The number of hydrogen-bond acceptors (Lipinski definition) is 7. The molecule has 2 N–H and O–H groups in total. The third kappa shape index (κ3) is 3.65. The molecule has 30 heavy (non-hydrogen) atoms. The van der Waals surface area contributed by atoms with Crippen LogP contribution in [0.3, 0.4) is 0 Å². The Bertz CT molecular complexity index is 922. The zero-order valence-corrected chi connectivity index (χ0v) is 17.8. The predicted molar refractivity (Wildman–Crippen MR) is 113 cm³/mol. The zero-order valence-electron chi connectivity index (χ0n) is 17.8. The van der Waals surface area contributed by atoms with Gasteiger partial charge in [-0.25, -0.2) is 4.79 Å². The van der Waals surface area contributed by atoms with Crippen molar-refractivity contribution in [2.45, 2.75) is 31.8 Å². The summed E-state index contributed by atoms with van der Waals surface area (Å²) >= 11 is 0. The summed E-state index contributed by atoms with van der Waals surface area (Å²) in [4.78, 5) is 15.9. The SMILES string of the molecule is COC(=O)N1CCc2c(c(N(C)c3ccc(N)c(OC)c3)nn2C2CCOCC2)C1. The molecule has 162 valence electrons. The molecule has 2 aromatic rings. The highest BCUT2D eigenvalue weighted by Gasteiger charge is 2.32. The number of nitrogens with two attached hydrogens (primary N) is 1. The van der Waals surface area contributed by atoms with Crippen LogP contribution in [-0.2, 0) is 22.4 Å². The number of fused-ring (bicyclic) bond motifs is 1. The Hall–Kier alpha value is -2.94. The molecule has 0 radical (unpaired) electrons. The van der Waals surface area contributed by atoms with Crippen LogP contribution in [0.25, 0.3) is 0 Å². The first-order chi connectivity index (χ1) is 14.5. The van der Waals surface area contributed by atoms with Gasteiger partial charge in [0.15, 0.2) is 5.82 Å². The maximum absolute atomic E-state index is 12.2. The van der Waals surface area contributed by atoms with Gasteiger partial charge in [-0.1, -0.05) is 0 Å². The van der Waals surface area contributed by atoms with Crippen molar-refractivity contribution in [2.24, 2.45) is 0 Å². The minimum Gasteiger partial charge on any atom is -0.495 e. The topological polar surface area (TPSA) is 95.1 Å². The number of aromatic nitrogens is 2. The fourth-order valence-electron chi connectivity index (χ4n) is 4.25. The van der Waals surface area contributed by atoms with Crippen LogP contribution in [0, 0.1) is 0 Å². The Morgan fingerprint density at radius 1 is 1.30 bits per heavy atom. The molecule has 2 aliphatic rings. The Morgan fingerprint density at radius 2 is 2.07 bits per heavy atom. The number of carbonyl (C=O) groups excluding carboxylic acids is 1. The largest absolute Gasteiger partial charge is 0.495 e. The average Bonchev–Trinajstić information content (AvgIpc) is 3.17. The molecule has 0 bridgehead atoms. The molecule has 1 saturated heterocycles. The van der Waals surface area contributed by atoms with Crippen LogP contribution >= 0.6 is 0 Å². The number of nitrogen functional groups attached to an aromatic ring is 1. The second-order valence-corrected chi connectivity index (χ2v) is 7.66. The molecule has 1 aromatic heterocycles. The van der Waals surface area contributed by atoms with Gasteiger partial charge in [-0.2, -0.15) is 5.10 Å². The molecule has 3 heterocycles. The lowest BCUT2D eigenvalue weighted by atomic mass is 10.0. The molecule has 2 aliphatic heterocycles. The summed E-state index contributed by atoms with van der Waals surface area (Å²) in [5.74, 6) is 1.45. The molecule has 0 atom stereocenters. The van der Waals surface area contributed by atoms with Crippen molar-refractivity contribution < 1.29 is 19.0 Å². The standard InChI is InChI=1S/C21H29N5O4/c1-24(15-4-5-17(22)19(12-15)28-2)20-16-13-25(21(27)29-3)9-6-18(16)26(23-20)14-7-10-30-11-8-14/h4-5,12,14H,6-11,13,22H2,1-3H3. The van der Waals surface area contributed by atoms with Crippen molar-refractivity contribution in [3.8, 4) is 5.75 Å². The highest BCUT2D eigenvalue weighted by molar-refractivity contribution is 5.71. The molecule has 0 saturated carbocycles. The molecule has 4 rings (SSSR count). The number of amides is 1. The molecule has 1 aromatic carbocycles. The molecule has 9 heteroatoms. The fourth-order valence-corrected chi connectivity index (χ4v) is 4.25. The van der Waals surface area contributed by atoms with Gasteiger partial charge in [-0.05, 0) is 25.0 Å². The van der Waals surface area contributed by atoms with Gasteiger partial charge in [-0.15, -0.1) is 0 Å². The van der Waals surface area contributed by atoms with Crippen molar-refractivity contribution >= 4 is 23.3 Å². The molecule has 0 spiro atoms. The number of hydrogen-bond donors (Lipinski definition) is 1. The Labute approximate surface area is 176 Å². The van der Waals surface area contributed by atoms with E-state index in [0.29, 0.717) is 30.6 Å². The summed E-state index contributed by atoms with van der Waals surface area (Å²) in [6.45, 7) is 2.58. The van der Waals surface area contributed by atoms with Crippen LogP contribution < -0.4 is 15.4 Å². The van der Waals surface area contributed by atoms with Gasteiger partial charge in [-0.3, -0.25) is 4.68 Å². The van der Waals surface area contributed by atoms with Crippen molar-refractivity contribution in [2.75, 3.05) is 51.7 Å². The Morgan fingerprint density at radius 3 is 2.77 bits per heavy atom. The second-order valence-electron chi connectivity index (χ2n) is 7.66.